The fourth-order valence-electron chi connectivity index (χ4n) is 3.40. The Morgan fingerprint density at radius 1 is 0.741 bits per heavy atom. The van der Waals surface area contributed by atoms with Crippen molar-refractivity contribution in [1.29, 1.82) is 0 Å². The molecular formula is C25H37NO. The van der Waals surface area contributed by atoms with E-state index in [1.54, 1.807) is 0 Å². The highest BCUT2D eigenvalue weighted by Crippen LogP contribution is 2.39. The van der Waals surface area contributed by atoms with Crippen LogP contribution >= 0.6 is 0 Å². The van der Waals surface area contributed by atoms with E-state index < -0.39 is 0 Å². The number of nitrogens with one attached hydrogen (secondary N) is 1. The Kier molecular flexibility index (Phi) is 7.11. The first-order valence-electron chi connectivity index (χ1n) is 10.2. The number of hydrogen-bond acceptors (Lipinski definition) is 2. The van der Waals surface area contributed by atoms with E-state index >= 15 is 0 Å². The molecule has 0 fully saturated rings. The summed E-state index contributed by atoms with van der Waals surface area (Å²) in [4.78, 5) is 0. The monoisotopic (exact) mass is 367 g/mol. The molecule has 2 nitrogen and oxygen atoms in total. The Bertz CT molecular complexity index is 685. The second-order valence-electron chi connectivity index (χ2n) is 9.63. The molecule has 0 aliphatic carbocycles. The molecular weight excluding hydrogens is 330 g/mol. The van der Waals surface area contributed by atoms with Gasteiger partial charge in [-0.2, -0.15) is 0 Å². The molecule has 2 aromatic rings. The highest BCUT2D eigenvalue weighted by atomic mass is 16.3. The van der Waals surface area contributed by atoms with E-state index in [2.05, 4.69) is 89.3 Å². The normalized spacial score (nSPS) is 12.4. The highest BCUT2D eigenvalue weighted by molar-refractivity contribution is 5.49. The first-order valence-corrected chi connectivity index (χ1v) is 10.2. The number of hydrogen-bond donors (Lipinski definition) is 2. The van der Waals surface area contributed by atoms with E-state index in [-0.39, 0.29) is 10.8 Å². The van der Waals surface area contributed by atoms with E-state index in [9.17, 15) is 5.11 Å². The van der Waals surface area contributed by atoms with E-state index in [1.165, 1.54) is 11.1 Å². The average Bonchev–Trinajstić information content (AvgIpc) is 2.58. The molecule has 27 heavy (non-hydrogen) atoms. The van der Waals surface area contributed by atoms with Gasteiger partial charge >= 0.3 is 0 Å². The van der Waals surface area contributed by atoms with Gasteiger partial charge in [-0.05, 0) is 65.4 Å². The summed E-state index contributed by atoms with van der Waals surface area (Å²) in [7, 11) is 0. The van der Waals surface area contributed by atoms with Crippen LogP contribution in [0.4, 0.5) is 0 Å². The SMILES string of the molecule is CC(C)(C)c1cc(CCCNCCc2ccccc2)cc(C(C)(C)C)c1O. The van der Waals surface area contributed by atoms with Gasteiger partial charge in [-0.1, -0.05) is 84.0 Å². The minimum Gasteiger partial charge on any atom is -0.507 e. The van der Waals surface area contributed by atoms with E-state index in [4.69, 9.17) is 0 Å². The summed E-state index contributed by atoms with van der Waals surface area (Å²) in [6.45, 7) is 15.1. The molecule has 2 heteroatoms. The van der Waals surface area contributed by atoms with Crippen LogP contribution in [-0.2, 0) is 23.7 Å². The largest absolute Gasteiger partial charge is 0.507 e. The average molecular weight is 368 g/mol. The van der Waals surface area contributed by atoms with Crippen molar-refractivity contribution >= 4 is 0 Å². The van der Waals surface area contributed by atoms with Gasteiger partial charge in [0.25, 0.3) is 0 Å². The first kappa shape index (κ1) is 21.5. The lowest BCUT2D eigenvalue weighted by Crippen LogP contribution is -2.20. The van der Waals surface area contributed by atoms with Crippen LogP contribution in [0.2, 0.25) is 0 Å². The predicted molar refractivity (Wildman–Crippen MR) is 117 cm³/mol. The fraction of sp³-hybridized carbons (Fsp3) is 0.520. The summed E-state index contributed by atoms with van der Waals surface area (Å²) >= 11 is 0. The topological polar surface area (TPSA) is 32.3 Å². The lowest BCUT2D eigenvalue weighted by Gasteiger charge is -2.28. The Morgan fingerprint density at radius 3 is 1.81 bits per heavy atom. The number of aryl methyl sites for hydroxylation is 1. The van der Waals surface area contributed by atoms with Crippen LogP contribution in [0.5, 0.6) is 5.75 Å². The van der Waals surface area contributed by atoms with Gasteiger partial charge in [-0.15, -0.1) is 0 Å². The molecule has 0 unspecified atom stereocenters. The van der Waals surface area contributed by atoms with E-state index in [0.29, 0.717) is 5.75 Å². The van der Waals surface area contributed by atoms with Crippen LogP contribution in [0.15, 0.2) is 42.5 Å². The zero-order valence-corrected chi connectivity index (χ0v) is 18.0. The Balaban J connectivity index is 1.95. The Labute approximate surface area is 166 Å². The van der Waals surface area contributed by atoms with Crippen molar-refractivity contribution in [2.24, 2.45) is 0 Å². The lowest BCUT2D eigenvalue weighted by atomic mass is 9.78. The summed E-state index contributed by atoms with van der Waals surface area (Å²) in [5.41, 5.74) is 4.70. The number of rotatable bonds is 7. The van der Waals surface area contributed by atoms with Gasteiger partial charge in [0.2, 0.25) is 0 Å². The molecule has 2 N–H and O–H groups in total. The van der Waals surface area contributed by atoms with Gasteiger partial charge in [-0.3, -0.25) is 0 Å². The quantitative estimate of drug-likeness (QED) is 0.611. The maximum Gasteiger partial charge on any atom is 0.123 e. The highest BCUT2D eigenvalue weighted by Gasteiger charge is 2.26. The molecule has 148 valence electrons. The van der Waals surface area contributed by atoms with E-state index in [0.717, 1.165) is 43.5 Å². The van der Waals surface area contributed by atoms with Gasteiger partial charge in [0.15, 0.2) is 0 Å². The van der Waals surface area contributed by atoms with Gasteiger partial charge in [0, 0.05) is 0 Å². The molecule has 0 aliphatic heterocycles. The molecule has 0 bridgehead atoms. The summed E-state index contributed by atoms with van der Waals surface area (Å²) < 4.78 is 0. The summed E-state index contributed by atoms with van der Waals surface area (Å²) in [6, 6.07) is 15.0. The first-order chi connectivity index (χ1) is 12.6. The standard InChI is InChI=1S/C25H37NO/c1-24(2,3)21-17-20(18-22(23(21)27)25(4,5)6)13-10-15-26-16-14-19-11-8-7-9-12-19/h7-9,11-12,17-18,26-27H,10,13-16H2,1-6H3. The molecule has 0 amide bonds. The van der Waals surface area contributed by atoms with Crippen LogP contribution < -0.4 is 5.32 Å². The number of aromatic hydroxyl groups is 1. The minimum absolute atomic E-state index is 0.0615. The van der Waals surface area contributed by atoms with Crippen LogP contribution in [-0.4, -0.2) is 18.2 Å². The van der Waals surface area contributed by atoms with Crippen molar-refractivity contribution in [3.8, 4) is 5.75 Å². The van der Waals surface area contributed by atoms with Crippen LogP contribution in [0, 0.1) is 0 Å². The lowest BCUT2D eigenvalue weighted by molar-refractivity contribution is 0.422. The summed E-state index contributed by atoms with van der Waals surface area (Å²) in [5, 5.41) is 14.4. The number of benzene rings is 2. The maximum absolute atomic E-state index is 10.8. The molecule has 0 aliphatic rings. The van der Waals surface area contributed by atoms with Gasteiger partial charge in [0.05, 0.1) is 0 Å². The zero-order chi connectivity index (χ0) is 20.1. The van der Waals surface area contributed by atoms with Gasteiger partial charge in [-0.25, -0.2) is 0 Å². The van der Waals surface area contributed by atoms with Gasteiger partial charge in [0.1, 0.15) is 5.75 Å². The van der Waals surface area contributed by atoms with Crippen molar-refractivity contribution < 1.29 is 5.11 Å². The second kappa shape index (κ2) is 8.93. The molecule has 0 radical (unpaired) electrons. The predicted octanol–water partition coefficient (Wildman–Crippen LogP) is 5.75. The second-order valence-corrected chi connectivity index (χ2v) is 9.63. The summed E-state index contributed by atoms with van der Waals surface area (Å²) in [5.74, 6) is 0.472. The van der Waals surface area contributed by atoms with Crippen molar-refractivity contribution in [1.82, 2.24) is 5.32 Å². The minimum atomic E-state index is -0.0615. The van der Waals surface area contributed by atoms with Crippen LogP contribution in [0.3, 0.4) is 0 Å². The van der Waals surface area contributed by atoms with E-state index in [1.807, 2.05) is 0 Å². The maximum atomic E-state index is 10.8. The fourth-order valence-corrected chi connectivity index (χ4v) is 3.40. The third kappa shape index (κ3) is 6.39. The summed E-state index contributed by atoms with van der Waals surface area (Å²) in [6.07, 6.45) is 3.21. The van der Waals surface area contributed by atoms with Crippen molar-refractivity contribution in [2.75, 3.05) is 13.1 Å². The Morgan fingerprint density at radius 2 is 1.30 bits per heavy atom. The molecule has 0 saturated carbocycles. The van der Waals surface area contributed by atoms with Gasteiger partial charge < -0.3 is 10.4 Å². The van der Waals surface area contributed by atoms with Crippen molar-refractivity contribution in [3.05, 3.63) is 64.7 Å². The molecule has 0 saturated heterocycles. The number of phenolic OH excluding ortho intramolecular Hbond substituents is 1. The third-order valence-electron chi connectivity index (χ3n) is 5.04. The smallest absolute Gasteiger partial charge is 0.123 e. The molecule has 0 atom stereocenters. The third-order valence-corrected chi connectivity index (χ3v) is 5.04. The zero-order valence-electron chi connectivity index (χ0n) is 18.0. The van der Waals surface area contributed by atoms with Crippen LogP contribution in [0.1, 0.15) is 70.2 Å². The molecule has 0 aromatic heterocycles. The molecule has 0 heterocycles. The molecule has 0 spiro atoms. The van der Waals surface area contributed by atoms with Crippen LogP contribution in [0.25, 0.3) is 0 Å². The molecule has 2 rings (SSSR count). The molecule has 2 aromatic carbocycles. The van der Waals surface area contributed by atoms with Crippen molar-refractivity contribution in [2.45, 2.75) is 71.6 Å². The number of phenols is 1. The van der Waals surface area contributed by atoms with Crippen molar-refractivity contribution in [3.63, 3.8) is 0 Å². The Hall–Kier alpha value is -1.80.